The Labute approximate surface area is 81.7 Å². The van der Waals surface area contributed by atoms with Crippen LogP contribution in [0, 0.1) is 5.82 Å². The predicted molar refractivity (Wildman–Crippen MR) is 53.3 cm³/mol. The first kappa shape index (κ1) is 9.03. The van der Waals surface area contributed by atoms with Crippen LogP contribution in [0.2, 0.25) is 0 Å². The van der Waals surface area contributed by atoms with Gasteiger partial charge in [-0.15, -0.1) is 11.8 Å². The third-order valence-electron chi connectivity index (χ3n) is 2.09. The SMILES string of the molecule is Fc1cccc(SC2CCCN2)c1. The highest BCUT2D eigenvalue weighted by atomic mass is 32.2. The van der Waals surface area contributed by atoms with E-state index in [1.807, 2.05) is 6.07 Å². The van der Waals surface area contributed by atoms with Crippen LogP contribution in [0.3, 0.4) is 0 Å². The third kappa shape index (κ3) is 2.45. The van der Waals surface area contributed by atoms with Crippen molar-refractivity contribution < 1.29 is 4.39 Å². The van der Waals surface area contributed by atoms with E-state index in [0.29, 0.717) is 5.37 Å². The third-order valence-corrected chi connectivity index (χ3v) is 3.30. The minimum atomic E-state index is -0.150. The molecule has 0 radical (unpaired) electrons. The zero-order chi connectivity index (χ0) is 9.10. The van der Waals surface area contributed by atoms with Gasteiger partial charge in [-0.1, -0.05) is 6.07 Å². The van der Waals surface area contributed by atoms with Crippen molar-refractivity contribution >= 4 is 11.8 Å². The first-order valence-corrected chi connectivity index (χ1v) is 5.38. The van der Waals surface area contributed by atoms with Crippen molar-refractivity contribution in [1.82, 2.24) is 5.32 Å². The lowest BCUT2D eigenvalue weighted by molar-refractivity contribution is 0.624. The lowest BCUT2D eigenvalue weighted by Gasteiger charge is -2.08. The summed E-state index contributed by atoms with van der Waals surface area (Å²) >= 11 is 1.71. The number of rotatable bonds is 2. The summed E-state index contributed by atoms with van der Waals surface area (Å²) in [4.78, 5) is 1.01. The molecule has 13 heavy (non-hydrogen) atoms. The number of halogens is 1. The summed E-state index contributed by atoms with van der Waals surface area (Å²) in [6, 6.07) is 6.77. The molecule has 0 spiro atoms. The Morgan fingerprint density at radius 2 is 2.38 bits per heavy atom. The molecule has 70 valence electrons. The lowest BCUT2D eigenvalue weighted by Crippen LogP contribution is -2.16. The Morgan fingerprint density at radius 3 is 3.08 bits per heavy atom. The van der Waals surface area contributed by atoms with E-state index in [1.54, 1.807) is 23.9 Å². The van der Waals surface area contributed by atoms with Crippen LogP contribution in [0.15, 0.2) is 29.2 Å². The quantitative estimate of drug-likeness (QED) is 0.782. The fourth-order valence-electron chi connectivity index (χ4n) is 1.46. The van der Waals surface area contributed by atoms with E-state index in [0.717, 1.165) is 11.4 Å². The summed E-state index contributed by atoms with van der Waals surface area (Å²) in [5.41, 5.74) is 0. The van der Waals surface area contributed by atoms with Crippen molar-refractivity contribution in [1.29, 1.82) is 0 Å². The lowest BCUT2D eigenvalue weighted by atomic mass is 10.3. The number of hydrogen-bond acceptors (Lipinski definition) is 2. The van der Waals surface area contributed by atoms with E-state index in [9.17, 15) is 4.39 Å². The molecule has 1 atom stereocenters. The van der Waals surface area contributed by atoms with Crippen molar-refractivity contribution in [2.24, 2.45) is 0 Å². The minimum absolute atomic E-state index is 0.150. The van der Waals surface area contributed by atoms with E-state index in [-0.39, 0.29) is 5.82 Å². The highest BCUT2D eigenvalue weighted by Crippen LogP contribution is 2.27. The summed E-state index contributed by atoms with van der Waals surface area (Å²) in [7, 11) is 0. The molecule has 1 aromatic carbocycles. The van der Waals surface area contributed by atoms with Crippen molar-refractivity contribution in [3.05, 3.63) is 30.1 Å². The molecule has 2 rings (SSSR count). The van der Waals surface area contributed by atoms with Crippen LogP contribution in [-0.2, 0) is 0 Å². The highest BCUT2D eigenvalue weighted by molar-refractivity contribution is 7.99. The van der Waals surface area contributed by atoms with Crippen LogP contribution in [0.4, 0.5) is 4.39 Å². The second-order valence-electron chi connectivity index (χ2n) is 3.16. The van der Waals surface area contributed by atoms with Crippen LogP contribution in [0.5, 0.6) is 0 Å². The maximum atomic E-state index is 12.8. The number of benzene rings is 1. The van der Waals surface area contributed by atoms with Crippen LogP contribution in [0.25, 0.3) is 0 Å². The zero-order valence-electron chi connectivity index (χ0n) is 7.29. The largest absolute Gasteiger partial charge is 0.305 e. The average Bonchev–Trinajstić information content (AvgIpc) is 2.57. The molecule has 0 saturated carbocycles. The second-order valence-corrected chi connectivity index (χ2v) is 4.44. The molecule has 1 nitrogen and oxygen atoms in total. The maximum absolute atomic E-state index is 12.8. The topological polar surface area (TPSA) is 12.0 Å². The Morgan fingerprint density at radius 1 is 1.46 bits per heavy atom. The smallest absolute Gasteiger partial charge is 0.124 e. The van der Waals surface area contributed by atoms with Gasteiger partial charge in [0.15, 0.2) is 0 Å². The van der Waals surface area contributed by atoms with Crippen molar-refractivity contribution in [3.63, 3.8) is 0 Å². The standard InChI is InChI=1S/C10H12FNS/c11-8-3-1-4-9(7-8)13-10-5-2-6-12-10/h1,3-4,7,10,12H,2,5-6H2. The molecule has 1 aliphatic rings. The van der Waals surface area contributed by atoms with Gasteiger partial charge in [-0.05, 0) is 37.6 Å². The molecule has 3 heteroatoms. The fraction of sp³-hybridized carbons (Fsp3) is 0.400. The number of hydrogen-bond donors (Lipinski definition) is 1. The molecule has 1 aliphatic heterocycles. The van der Waals surface area contributed by atoms with Crippen molar-refractivity contribution in [2.45, 2.75) is 23.1 Å². The van der Waals surface area contributed by atoms with Gasteiger partial charge >= 0.3 is 0 Å². The first-order valence-electron chi connectivity index (χ1n) is 4.50. The summed E-state index contributed by atoms with van der Waals surface area (Å²) in [5, 5.41) is 3.84. The maximum Gasteiger partial charge on any atom is 0.124 e. The summed E-state index contributed by atoms with van der Waals surface area (Å²) in [5.74, 6) is -0.150. The molecule has 0 aromatic heterocycles. The van der Waals surface area contributed by atoms with Gasteiger partial charge in [0.2, 0.25) is 0 Å². The fourth-order valence-corrected chi connectivity index (χ4v) is 2.61. The van der Waals surface area contributed by atoms with Gasteiger partial charge in [0.25, 0.3) is 0 Å². The highest BCUT2D eigenvalue weighted by Gasteiger charge is 2.14. The molecule has 0 bridgehead atoms. The normalized spacial score (nSPS) is 22.1. The monoisotopic (exact) mass is 197 g/mol. The van der Waals surface area contributed by atoms with Gasteiger partial charge in [-0.2, -0.15) is 0 Å². The minimum Gasteiger partial charge on any atom is -0.305 e. The summed E-state index contributed by atoms with van der Waals surface area (Å²) < 4.78 is 12.8. The summed E-state index contributed by atoms with van der Waals surface area (Å²) in [6.07, 6.45) is 2.41. The summed E-state index contributed by atoms with van der Waals surface area (Å²) in [6.45, 7) is 1.09. The molecule has 1 aromatic rings. The van der Waals surface area contributed by atoms with E-state index >= 15 is 0 Å². The Bertz CT molecular complexity index is 284. The van der Waals surface area contributed by atoms with Gasteiger partial charge in [-0.25, -0.2) is 4.39 Å². The van der Waals surface area contributed by atoms with Crippen molar-refractivity contribution in [3.8, 4) is 0 Å². The Hall–Kier alpha value is -0.540. The molecule has 1 N–H and O–H groups in total. The number of thioether (sulfide) groups is 1. The molecule has 0 aliphatic carbocycles. The molecular weight excluding hydrogens is 185 g/mol. The van der Waals surface area contributed by atoms with E-state index in [1.165, 1.54) is 18.9 Å². The van der Waals surface area contributed by atoms with Gasteiger partial charge in [-0.3, -0.25) is 0 Å². The van der Waals surface area contributed by atoms with Crippen LogP contribution in [-0.4, -0.2) is 11.9 Å². The van der Waals surface area contributed by atoms with Gasteiger partial charge in [0.05, 0.1) is 5.37 Å². The van der Waals surface area contributed by atoms with E-state index in [2.05, 4.69) is 5.32 Å². The molecule has 1 unspecified atom stereocenters. The van der Waals surface area contributed by atoms with Crippen LogP contribution < -0.4 is 5.32 Å². The molecular formula is C10H12FNS. The predicted octanol–water partition coefficient (Wildman–Crippen LogP) is 2.63. The van der Waals surface area contributed by atoms with Crippen LogP contribution in [0.1, 0.15) is 12.8 Å². The molecule has 1 saturated heterocycles. The number of nitrogens with one attached hydrogen (secondary N) is 1. The van der Waals surface area contributed by atoms with E-state index < -0.39 is 0 Å². The average molecular weight is 197 g/mol. The van der Waals surface area contributed by atoms with Gasteiger partial charge in [0.1, 0.15) is 5.82 Å². The van der Waals surface area contributed by atoms with Gasteiger partial charge in [0, 0.05) is 4.90 Å². The zero-order valence-corrected chi connectivity index (χ0v) is 8.11. The molecule has 0 amide bonds. The Kier molecular flexibility index (Phi) is 2.86. The van der Waals surface area contributed by atoms with E-state index in [4.69, 9.17) is 0 Å². The van der Waals surface area contributed by atoms with Crippen molar-refractivity contribution in [2.75, 3.05) is 6.54 Å². The van der Waals surface area contributed by atoms with Gasteiger partial charge < -0.3 is 5.32 Å². The first-order chi connectivity index (χ1) is 6.34. The van der Waals surface area contributed by atoms with Crippen LogP contribution >= 0.6 is 11.8 Å². The Balaban J connectivity index is 2.00. The second kappa shape index (κ2) is 4.11. The molecule has 1 fully saturated rings. The molecule has 1 heterocycles.